The zero-order valence-electron chi connectivity index (χ0n) is 13.1. The number of thiazole rings is 1. The minimum atomic E-state index is 0.0582. The van der Waals surface area contributed by atoms with Crippen LogP contribution >= 0.6 is 11.3 Å². The lowest BCUT2D eigenvalue weighted by molar-refractivity contribution is 0.0708. The normalized spacial score (nSPS) is 18.9. The van der Waals surface area contributed by atoms with E-state index < -0.39 is 0 Å². The van der Waals surface area contributed by atoms with Gasteiger partial charge in [0.05, 0.1) is 11.2 Å². The van der Waals surface area contributed by atoms with Gasteiger partial charge in [-0.05, 0) is 19.8 Å². The van der Waals surface area contributed by atoms with Crippen LogP contribution in [0.5, 0.6) is 0 Å². The Morgan fingerprint density at radius 3 is 2.95 bits per heavy atom. The molecule has 1 aliphatic rings. The van der Waals surface area contributed by atoms with E-state index in [0.717, 1.165) is 30.2 Å². The van der Waals surface area contributed by atoms with Gasteiger partial charge in [-0.15, -0.1) is 11.3 Å². The Morgan fingerprint density at radius 1 is 1.50 bits per heavy atom. The summed E-state index contributed by atoms with van der Waals surface area (Å²) in [7, 11) is 0. The molecular formula is C15H20N4O2S. The van der Waals surface area contributed by atoms with Gasteiger partial charge in [-0.3, -0.25) is 4.79 Å². The van der Waals surface area contributed by atoms with Crippen molar-refractivity contribution >= 4 is 17.2 Å². The van der Waals surface area contributed by atoms with Crippen LogP contribution in [0.2, 0.25) is 0 Å². The van der Waals surface area contributed by atoms with E-state index in [1.165, 1.54) is 11.3 Å². The first-order valence-electron chi connectivity index (χ1n) is 7.59. The molecule has 7 heteroatoms. The van der Waals surface area contributed by atoms with Crippen molar-refractivity contribution in [3.05, 3.63) is 27.8 Å². The highest BCUT2D eigenvalue weighted by Crippen LogP contribution is 2.27. The second-order valence-electron chi connectivity index (χ2n) is 5.98. The average molecular weight is 320 g/mol. The number of piperidine rings is 1. The molecule has 22 heavy (non-hydrogen) atoms. The van der Waals surface area contributed by atoms with Crippen LogP contribution < -0.4 is 0 Å². The molecule has 0 bridgehead atoms. The number of nitrogens with zero attached hydrogens (tertiary/aromatic N) is 4. The number of aryl methyl sites for hydroxylation is 1. The highest BCUT2D eigenvalue weighted by molar-refractivity contribution is 7.13. The Balaban J connectivity index is 1.72. The summed E-state index contributed by atoms with van der Waals surface area (Å²) in [5.74, 6) is 1.83. The summed E-state index contributed by atoms with van der Waals surface area (Å²) in [4.78, 5) is 23.8. The molecule has 0 saturated carbocycles. The van der Waals surface area contributed by atoms with Crippen molar-refractivity contribution in [3.8, 4) is 0 Å². The summed E-state index contributed by atoms with van der Waals surface area (Å²) < 4.78 is 5.29. The van der Waals surface area contributed by atoms with Crippen LogP contribution in [0.15, 0.2) is 10.7 Å². The molecule has 3 heterocycles. The van der Waals surface area contributed by atoms with Crippen LogP contribution in [0.4, 0.5) is 0 Å². The fourth-order valence-electron chi connectivity index (χ4n) is 2.64. The second-order valence-corrected chi connectivity index (χ2v) is 7.21. The first-order chi connectivity index (χ1) is 10.5. The van der Waals surface area contributed by atoms with Gasteiger partial charge in [0.25, 0.3) is 5.91 Å². The Kier molecular flexibility index (Phi) is 4.24. The topological polar surface area (TPSA) is 72.1 Å². The molecule has 0 unspecified atom stereocenters. The first-order valence-corrected chi connectivity index (χ1v) is 8.41. The first kappa shape index (κ1) is 15.1. The molecule has 0 aromatic carbocycles. The molecule has 1 atom stereocenters. The van der Waals surface area contributed by atoms with Crippen molar-refractivity contribution in [3.63, 3.8) is 0 Å². The zero-order chi connectivity index (χ0) is 15.7. The summed E-state index contributed by atoms with van der Waals surface area (Å²) in [5.41, 5.74) is 0. The predicted molar refractivity (Wildman–Crippen MR) is 83.1 cm³/mol. The molecule has 0 N–H and O–H groups in total. The van der Waals surface area contributed by atoms with Gasteiger partial charge in [0.1, 0.15) is 4.88 Å². The smallest absolute Gasteiger partial charge is 0.265 e. The number of aromatic nitrogens is 3. The van der Waals surface area contributed by atoms with Crippen molar-refractivity contribution in [1.29, 1.82) is 0 Å². The molecular weight excluding hydrogens is 300 g/mol. The Hall–Kier alpha value is -1.76. The maximum atomic E-state index is 12.5. The zero-order valence-corrected chi connectivity index (χ0v) is 13.9. The number of likely N-dealkylation sites (tertiary alicyclic amines) is 1. The van der Waals surface area contributed by atoms with Crippen molar-refractivity contribution in [2.45, 2.75) is 45.4 Å². The number of rotatable bonds is 3. The molecule has 1 saturated heterocycles. The van der Waals surface area contributed by atoms with Crippen LogP contribution in [0, 0.1) is 6.92 Å². The third kappa shape index (κ3) is 3.04. The Labute approximate surface area is 133 Å². The highest BCUT2D eigenvalue weighted by Gasteiger charge is 2.29. The Bertz CT molecular complexity index is 664. The molecule has 0 spiro atoms. The van der Waals surface area contributed by atoms with Gasteiger partial charge >= 0.3 is 0 Å². The summed E-state index contributed by atoms with van der Waals surface area (Å²) >= 11 is 1.44. The maximum absolute atomic E-state index is 12.5. The van der Waals surface area contributed by atoms with E-state index >= 15 is 0 Å². The molecule has 1 amide bonds. The third-order valence-electron chi connectivity index (χ3n) is 3.86. The van der Waals surface area contributed by atoms with E-state index in [1.54, 1.807) is 6.20 Å². The largest absolute Gasteiger partial charge is 0.339 e. The van der Waals surface area contributed by atoms with Gasteiger partial charge < -0.3 is 9.42 Å². The molecule has 2 aromatic rings. The van der Waals surface area contributed by atoms with E-state index in [-0.39, 0.29) is 17.7 Å². The summed E-state index contributed by atoms with van der Waals surface area (Å²) in [6, 6.07) is 0. The molecule has 6 nitrogen and oxygen atoms in total. The number of carbonyl (C=O) groups is 1. The highest BCUT2D eigenvalue weighted by atomic mass is 32.1. The molecule has 1 fully saturated rings. The lowest BCUT2D eigenvalue weighted by atomic mass is 9.97. The van der Waals surface area contributed by atoms with E-state index in [0.29, 0.717) is 17.3 Å². The fraction of sp³-hybridized carbons (Fsp3) is 0.600. The summed E-state index contributed by atoms with van der Waals surface area (Å²) in [6.07, 6.45) is 3.61. The predicted octanol–water partition coefficient (Wildman–Crippen LogP) is 2.98. The van der Waals surface area contributed by atoms with Gasteiger partial charge in [-0.2, -0.15) is 4.98 Å². The average Bonchev–Trinajstić information content (AvgIpc) is 3.15. The van der Waals surface area contributed by atoms with E-state index in [9.17, 15) is 4.79 Å². The lowest BCUT2D eigenvalue weighted by Gasteiger charge is -2.30. The number of hydrogen-bond donors (Lipinski definition) is 0. The van der Waals surface area contributed by atoms with Crippen molar-refractivity contribution in [1.82, 2.24) is 20.0 Å². The molecule has 3 rings (SSSR count). The second kappa shape index (κ2) is 6.16. The molecule has 2 aromatic heterocycles. The van der Waals surface area contributed by atoms with Gasteiger partial charge in [-0.25, -0.2) is 4.98 Å². The van der Waals surface area contributed by atoms with Crippen molar-refractivity contribution in [2.75, 3.05) is 13.1 Å². The summed E-state index contributed by atoms with van der Waals surface area (Å²) in [6.45, 7) is 7.39. The van der Waals surface area contributed by atoms with Crippen LogP contribution in [0.25, 0.3) is 0 Å². The Morgan fingerprint density at radius 2 is 2.32 bits per heavy atom. The lowest BCUT2D eigenvalue weighted by Crippen LogP contribution is -2.39. The third-order valence-corrected chi connectivity index (χ3v) is 4.76. The number of hydrogen-bond acceptors (Lipinski definition) is 6. The van der Waals surface area contributed by atoms with E-state index in [1.807, 2.05) is 25.7 Å². The number of amides is 1. The van der Waals surface area contributed by atoms with E-state index in [2.05, 4.69) is 15.1 Å². The van der Waals surface area contributed by atoms with Gasteiger partial charge in [0, 0.05) is 24.9 Å². The standard InChI is InChI=1S/C15H20N4O2S/c1-9(2)14-17-13(18-21-14)11-5-4-6-19(8-11)15(20)12-7-16-10(3)22-12/h7,9,11H,4-6,8H2,1-3H3/t11-/m0/s1. The summed E-state index contributed by atoms with van der Waals surface area (Å²) in [5, 5.41) is 5.01. The molecule has 0 aliphatic carbocycles. The van der Waals surface area contributed by atoms with E-state index in [4.69, 9.17) is 4.52 Å². The number of carbonyl (C=O) groups excluding carboxylic acids is 1. The maximum Gasteiger partial charge on any atom is 0.265 e. The quantitative estimate of drug-likeness (QED) is 0.869. The van der Waals surface area contributed by atoms with Crippen LogP contribution in [0.1, 0.15) is 64.9 Å². The van der Waals surface area contributed by atoms with Crippen molar-refractivity contribution < 1.29 is 9.32 Å². The molecule has 1 aliphatic heterocycles. The van der Waals surface area contributed by atoms with Crippen LogP contribution in [-0.2, 0) is 0 Å². The fourth-order valence-corrected chi connectivity index (χ4v) is 3.38. The van der Waals surface area contributed by atoms with Gasteiger partial charge in [0.2, 0.25) is 5.89 Å². The van der Waals surface area contributed by atoms with Crippen LogP contribution in [-0.4, -0.2) is 39.0 Å². The minimum absolute atomic E-state index is 0.0582. The molecule has 0 radical (unpaired) electrons. The van der Waals surface area contributed by atoms with Crippen molar-refractivity contribution in [2.24, 2.45) is 0 Å². The monoisotopic (exact) mass is 320 g/mol. The van der Waals surface area contributed by atoms with Gasteiger partial charge in [0.15, 0.2) is 5.82 Å². The SMILES string of the molecule is Cc1ncc(C(=O)N2CCC[C@H](c3noc(C(C)C)n3)C2)s1. The van der Waals surface area contributed by atoms with Gasteiger partial charge in [-0.1, -0.05) is 19.0 Å². The van der Waals surface area contributed by atoms with Crippen LogP contribution in [0.3, 0.4) is 0 Å². The molecule has 118 valence electrons. The minimum Gasteiger partial charge on any atom is -0.339 e.